The van der Waals surface area contributed by atoms with Gasteiger partial charge in [0.25, 0.3) is 0 Å². The smallest absolute Gasteiger partial charge is 0.243 e. The second-order valence-corrected chi connectivity index (χ2v) is 9.71. The van der Waals surface area contributed by atoms with Crippen LogP contribution in [0.5, 0.6) is 5.75 Å². The number of nitrogens with zero attached hydrogens (tertiary/aromatic N) is 1. The maximum atomic E-state index is 13.1. The average molecular weight is 457 g/mol. The van der Waals surface area contributed by atoms with E-state index in [0.717, 1.165) is 28.7 Å². The van der Waals surface area contributed by atoms with Crippen LogP contribution < -0.4 is 10.1 Å². The molecule has 3 aromatic rings. The number of piperidine rings is 1. The summed E-state index contributed by atoms with van der Waals surface area (Å²) < 4.78 is 46.0. The molecule has 1 N–H and O–H groups in total. The van der Waals surface area contributed by atoms with Crippen molar-refractivity contribution in [3.63, 3.8) is 0 Å². The van der Waals surface area contributed by atoms with Crippen LogP contribution >= 0.6 is 0 Å². The van der Waals surface area contributed by atoms with E-state index in [1.54, 1.807) is 0 Å². The van der Waals surface area contributed by atoms with Crippen LogP contribution in [0.25, 0.3) is 10.8 Å². The zero-order valence-electron chi connectivity index (χ0n) is 17.5. The zero-order valence-corrected chi connectivity index (χ0v) is 18.4. The van der Waals surface area contributed by atoms with E-state index in [1.165, 1.54) is 16.4 Å². The van der Waals surface area contributed by atoms with Gasteiger partial charge in [-0.25, -0.2) is 12.8 Å². The monoisotopic (exact) mass is 456 g/mol. The lowest BCUT2D eigenvalue weighted by Crippen LogP contribution is -2.45. The van der Waals surface area contributed by atoms with Crippen molar-refractivity contribution >= 4 is 26.7 Å². The number of halogens is 1. The van der Waals surface area contributed by atoms with Gasteiger partial charge < -0.3 is 10.1 Å². The first kappa shape index (κ1) is 22.2. The van der Waals surface area contributed by atoms with E-state index >= 15 is 0 Å². The standard InChI is InChI=1S/C24H25FN2O4S/c25-20-10-12-21(13-11-20)32(29,30)27-15-4-7-19(17-27)24(28)26-14-16-31-23-9-3-6-18-5-1-2-8-22(18)23/h1-3,5-6,8-13,19H,4,7,14-17H2,(H,26,28)/t19-/m0/s1. The van der Waals surface area contributed by atoms with Crippen molar-refractivity contribution in [1.29, 1.82) is 0 Å². The Morgan fingerprint density at radius 1 is 1.06 bits per heavy atom. The quantitative estimate of drug-likeness (QED) is 0.552. The summed E-state index contributed by atoms with van der Waals surface area (Å²) in [5.41, 5.74) is 0. The van der Waals surface area contributed by atoms with Gasteiger partial charge in [0.15, 0.2) is 0 Å². The van der Waals surface area contributed by atoms with E-state index < -0.39 is 21.8 Å². The Bertz CT molecular complexity index is 1190. The third-order valence-corrected chi connectivity index (χ3v) is 7.49. The van der Waals surface area contributed by atoms with Gasteiger partial charge in [-0.3, -0.25) is 4.79 Å². The predicted molar refractivity (Wildman–Crippen MR) is 120 cm³/mol. The lowest BCUT2D eigenvalue weighted by Gasteiger charge is -2.31. The van der Waals surface area contributed by atoms with Crippen LogP contribution in [0, 0.1) is 11.7 Å². The first-order chi connectivity index (χ1) is 15.4. The molecule has 4 rings (SSSR count). The van der Waals surface area contributed by atoms with E-state index in [-0.39, 0.29) is 17.3 Å². The summed E-state index contributed by atoms with van der Waals surface area (Å²) in [6, 6.07) is 18.5. The minimum atomic E-state index is -3.77. The highest BCUT2D eigenvalue weighted by Crippen LogP contribution is 2.26. The Kier molecular flexibility index (Phi) is 6.72. The molecule has 1 atom stereocenters. The van der Waals surface area contributed by atoms with Crippen LogP contribution in [0.4, 0.5) is 4.39 Å². The number of fused-ring (bicyclic) bond motifs is 1. The molecule has 3 aromatic carbocycles. The number of benzene rings is 3. The van der Waals surface area contributed by atoms with Crippen LogP contribution in [0.1, 0.15) is 12.8 Å². The first-order valence-electron chi connectivity index (χ1n) is 10.6. The Balaban J connectivity index is 1.31. The van der Waals surface area contributed by atoms with Gasteiger partial charge in [0.1, 0.15) is 18.2 Å². The Morgan fingerprint density at radius 3 is 2.62 bits per heavy atom. The molecule has 0 saturated carbocycles. The van der Waals surface area contributed by atoms with E-state index in [9.17, 15) is 17.6 Å². The highest BCUT2D eigenvalue weighted by molar-refractivity contribution is 7.89. The summed E-state index contributed by atoms with van der Waals surface area (Å²) in [6.07, 6.45) is 1.20. The van der Waals surface area contributed by atoms with Crippen LogP contribution in [0.3, 0.4) is 0 Å². The van der Waals surface area contributed by atoms with Crippen molar-refractivity contribution in [3.8, 4) is 5.75 Å². The molecule has 0 aromatic heterocycles. The fraction of sp³-hybridized carbons (Fsp3) is 0.292. The number of sulfonamides is 1. The topological polar surface area (TPSA) is 75.7 Å². The average Bonchev–Trinajstić information content (AvgIpc) is 2.82. The summed E-state index contributed by atoms with van der Waals surface area (Å²) in [7, 11) is -3.77. The predicted octanol–water partition coefficient (Wildman–Crippen LogP) is 3.57. The lowest BCUT2D eigenvalue weighted by atomic mass is 9.99. The fourth-order valence-corrected chi connectivity index (χ4v) is 5.46. The zero-order chi connectivity index (χ0) is 22.6. The van der Waals surface area contributed by atoms with Crippen molar-refractivity contribution in [2.45, 2.75) is 17.7 Å². The number of ether oxygens (including phenoxy) is 1. The molecule has 32 heavy (non-hydrogen) atoms. The molecule has 1 aliphatic heterocycles. The number of nitrogens with one attached hydrogen (secondary N) is 1. The number of carbonyl (C=O) groups excluding carboxylic acids is 1. The molecule has 1 saturated heterocycles. The molecule has 6 nitrogen and oxygen atoms in total. The van der Waals surface area contributed by atoms with Crippen molar-refractivity contribution < 1.29 is 22.3 Å². The molecule has 0 unspecified atom stereocenters. The van der Waals surface area contributed by atoms with Gasteiger partial charge in [0.05, 0.1) is 17.4 Å². The maximum Gasteiger partial charge on any atom is 0.243 e. The van der Waals surface area contributed by atoms with E-state index in [4.69, 9.17) is 4.74 Å². The molecule has 1 fully saturated rings. The molecule has 0 bridgehead atoms. The van der Waals surface area contributed by atoms with Gasteiger partial charge in [-0.15, -0.1) is 0 Å². The van der Waals surface area contributed by atoms with Crippen LogP contribution in [-0.4, -0.2) is 44.9 Å². The molecule has 168 valence electrons. The number of carbonyl (C=O) groups is 1. The Labute approximate surface area is 187 Å². The van der Waals surface area contributed by atoms with Crippen LogP contribution in [0.2, 0.25) is 0 Å². The summed E-state index contributed by atoms with van der Waals surface area (Å²) >= 11 is 0. The van der Waals surface area contributed by atoms with E-state index in [2.05, 4.69) is 5.32 Å². The third kappa shape index (κ3) is 4.92. The van der Waals surface area contributed by atoms with E-state index in [1.807, 2.05) is 42.5 Å². The molecule has 0 radical (unpaired) electrons. The van der Waals surface area contributed by atoms with Crippen molar-refractivity contribution in [2.24, 2.45) is 5.92 Å². The second-order valence-electron chi connectivity index (χ2n) is 7.77. The minimum Gasteiger partial charge on any atom is -0.491 e. The molecule has 1 heterocycles. The largest absolute Gasteiger partial charge is 0.491 e. The number of hydrogen-bond donors (Lipinski definition) is 1. The molecule has 1 aliphatic rings. The number of hydrogen-bond acceptors (Lipinski definition) is 4. The third-order valence-electron chi connectivity index (χ3n) is 5.61. The molecular formula is C24H25FN2O4S. The Morgan fingerprint density at radius 2 is 1.81 bits per heavy atom. The van der Waals surface area contributed by atoms with Gasteiger partial charge in [-0.1, -0.05) is 36.4 Å². The molecule has 8 heteroatoms. The SMILES string of the molecule is O=C(NCCOc1cccc2ccccc12)[C@H]1CCCN(S(=O)(=O)c2ccc(F)cc2)C1. The van der Waals surface area contributed by atoms with Gasteiger partial charge >= 0.3 is 0 Å². The second kappa shape index (κ2) is 9.67. The van der Waals surface area contributed by atoms with Crippen molar-refractivity contribution in [3.05, 3.63) is 72.5 Å². The number of amides is 1. The molecule has 1 amide bonds. The minimum absolute atomic E-state index is 0.0310. The van der Waals surface area contributed by atoms with Crippen molar-refractivity contribution in [1.82, 2.24) is 9.62 Å². The first-order valence-corrected chi connectivity index (χ1v) is 12.0. The van der Waals surface area contributed by atoms with E-state index in [0.29, 0.717) is 32.5 Å². The fourth-order valence-electron chi connectivity index (χ4n) is 3.93. The molecular weight excluding hydrogens is 431 g/mol. The van der Waals surface area contributed by atoms with Gasteiger partial charge in [0.2, 0.25) is 15.9 Å². The van der Waals surface area contributed by atoms with Gasteiger partial charge in [-0.05, 0) is 48.6 Å². The summed E-state index contributed by atoms with van der Waals surface area (Å²) in [5, 5.41) is 4.95. The van der Waals surface area contributed by atoms with Crippen LogP contribution in [0.15, 0.2) is 71.6 Å². The normalized spacial score (nSPS) is 17.2. The molecule has 0 spiro atoms. The highest BCUT2D eigenvalue weighted by Gasteiger charge is 2.33. The maximum absolute atomic E-state index is 13.1. The number of rotatable bonds is 7. The summed E-state index contributed by atoms with van der Waals surface area (Å²) in [5.74, 6) is -0.362. The van der Waals surface area contributed by atoms with Gasteiger partial charge in [0, 0.05) is 18.5 Å². The Hall–Kier alpha value is -2.97. The lowest BCUT2D eigenvalue weighted by molar-refractivity contribution is -0.126. The molecule has 0 aliphatic carbocycles. The summed E-state index contributed by atoms with van der Waals surface area (Å²) in [6.45, 7) is 1.08. The van der Waals surface area contributed by atoms with Crippen molar-refractivity contribution in [2.75, 3.05) is 26.2 Å². The highest BCUT2D eigenvalue weighted by atomic mass is 32.2. The van der Waals surface area contributed by atoms with Crippen LogP contribution in [-0.2, 0) is 14.8 Å². The van der Waals surface area contributed by atoms with Gasteiger partial charge in [-0.2, -0.15) is 4.31 Å². The summed E-state index contributed by atoms with van der Waals surface area (Å²) in [4.78, 5) is 12.7.